The van der Waals surface area contributed by atoms with Gasteiger partial charge in [-0.05, 0) is 41.7 Å². The fraction of sp³-hybridized carbons (Fsp3) is 0.375. The molecular formula is C16H20N2O2S2. The molecule has 22 heavy (non-hydrogen) atoms. The molecule has 0 bridgehead atoms. The van der Waals surface area contributed by atoms with E-state index in [2.05, 4.69) is 17.6 Å². The quantitative estimate of drug-likeness (QED) is 0.726. The lowest BCUT2D eigenvalue weighted by Gasteiger charge is -2.12. The van der Waals surface area contributed by atoms with Crippen molar-refractivity contribution in [3.05, 3.63) is 44.8 Å². The third-order valence-corrected chi connectivity index (χ3v) is 5.00. The smallest absolute Gasteiger partial charge is 0.261 e. The van der Waals surface area contributed by atoms with Gasteiger partial charge in [-0.3, -0.25) is 9.59 Å². The van der Waals surface area contributed by atoms with Gasteiger partial charge < -0.3 is 10.6 Å². The molecule has 0 radical (unpaired) electrons. The zero-order valence-electron chi connectivity index (χ0n) is 12.5. The zero-order chi connectivity index (χ0) is 15.8. The van der Waals surface area contributed by atoms with E-state index in [9.17, 15) is 9.59 Å². The van der Waals surface area contributed by atoms with Crippen molar-refractivity contribution in [1.82, 2.24) is 10.6 Å². The van der Waals surface area contributed by atoms with Crippen LogP contribution in [-0.4, -0.2) is 24.9 Å². The summed E-state index contributed by atoms with van der Waals surface area (Å²) >= 11 is 2.89. The number of amides is 2. The van der Waals surface area contributed by atoms with E-state index in [0.717, 1.165) is 22.6 Å². The molecule has 118 valence electrons. The Hall–Kier alpha value is -1.66. The molecule has 1 atom stereocenters. The first-order chi connectivity index (χ1) is 10.7. The van der Waals surface area contributed by atoms with E-state index in [4.69, 9.17) is 0 Å². The topological polar surface area (TPSA) is 58.2 Å². The number of hydrogen-bond acceptors (Lipinski definition) is 4. The van der Waals surface area contributed by atoms with Gasteiger partial charge >= 0.3 is 0 Å². The van der Waals surface area contributed by atoms with Gasteiger partial charge in [0, 0.05) is 13.1 Å². The Balaban J connectivity index is 1.57. The van der Waals surface area contributed by atoms with Gasteiger partial charge in [-0.1, -0.05) is 19.1 Å². The maximum atomic E-state index is 11.8. The summed E-state index contributed by atoms with van der Waals surface area (Å²) in [4.78, 5) is 25.0. The van der Waals surface area contributed by atoms with E-state index in [1.54, 1.807) is 0 Å². The van der Waals surface area contributed by atoms with Gasteiger partial charge in [0.15, 0.2) is 0 Å². The van der Waals surface area contributed by atoms with Gasteiger partial charge in [0.1, 0.15) is 0 Å². The summed E-state index contributed by atoms with van der Waals surface area (Å²) in [7, 11) is 0. The van der Waals surface area contributed by atoms with Crippen LogP contribution in [-0.2, 0) is 0 Å². The molecule has 2 aromatic rings. The van der Waals surface area contributed by atoms with Crippen molar-refractivity contribution >= 4 is 34.5 Å². The van der Waals surface area contributed by atoms with Crippen LogP contribution in [0.4, 0.5) is 0 Å². The van der Waals surface area contributed by atoms with Crippen LogP contribution in [0.15, 0.2) is 35.0 Å². The van der Waals surface area contributed by atoms with Crippen molar-refractivity contribution in [1.29, 1.82) is 0 Å². The second-order valence-electron chi connectivity index (χ2n) is 5.17. The maximum Gasteiger partial charge on any atom is 0.261 e. The molecule has 0 aliphatic rings. The van der Waals surface area contributed by atoms with Crippen molar-refractivity contribution in [2.75, 3.05) is 13.1 Å². The molecular weight excluding hydrogens is 316 g/mol. The van der Waals surface area contributed by atoms with Crippen LogP contribution >= 0.6 is 22.7 Å². The molecule has 2 aromatic heterocycles. The Morgan fingerprint density at radius 2 is 1.64 bits per heavy atom. The molecule has 2 amide bonds. The summed E-state index contributed by atoms with van der Waals surface area (Å²) < 4.78 is 0. The van der Waals surface area contributed by atoms with Crippen LogP contribution in [0.25, 0.3) is 0 Å². The first-order valence-corrected chi connectivity index (χ1v) is 9.06. The summed E-state index contributed by atoms with van der Waals surface area (Å²) in [5.74, 6) is 0.379. The van der Waals surface area contributed by atoms with Crippen LogP contribution in [0.1, 0.15) is 39.1 Å². The van der Waals surface area contributed by atoms with E-state index in [-0.39, 0.29) is 11.8 Å². The maximum absolute atomic E-state index is 11.8. The second-order valence-corrected chi connectivity index (χ2v) is 7.06. The summed E-state index contributed by atoms with van der Waals surface area (Å²) in [6.07, 6.45) is 1.88. The SMILES string of the molecule is C[C@H](CCCNC(=O)c1cccs1)CNC(=O)c1cccs1. The number of carbonyl (C=O) groups is 2. The predicted octanol–water partition coefficient (Wildman–Crippen LogP) is 3.39. The highest BCUT2D eigenvalue weighted by Gasteiger charge is 2.09. The third kappa shape index (κ3) is 5.27. The number of rotatable bonds is 8. The van der Waals surface area contributed by atoms with Gasteiger partial charge in [0.25, 0.3) is 11.8 Å². The predicted molar refractivity (Wildman–Crippen MR) is 91.7 cm³/mol. The Morgan fingerprint density at radius 3 is 2.18 bits per heavy atom. The van der Waals surface area contributed by atoms with Gasteiger partial charge in [-0.2, -0.15) is 0 Å². The molecule has 0 unspecified atom stereocenters. The fourth-order valence-corrected chi connectivity index (χ4v) is 3.29. The molecule has 0 aliphatic carbocycles. The summed E-state index contributed by atoms with van der Waals surface area (Å²) in [5.41, 5.74) is 0. The standard InChI is InChI=1S/C16H20N2O2S2/c1-12(11-18-16(20)14-7-4-10-22-14)5-2-8-17-15(19)13-6-3-9-21-13/h3-4,6-7,9-10,12H,2,5,8,11H2,1H3,(H,17,19)(H,18,20)/t12-/m1/s1. The van der Waals surface area contributed by atoms with Crippen molar-refractivity contribution in [3.8, 4) is 0 Å². The molecule has 2 rings (SSSR count). The largest absolute Gasteiger partial charge is 0.351 e. The molecule has 2 heterocycles. The number of hydrogen-bond donors (Lipinski definition) is 2. The third-order valence-electron chi connectivity index (χ3n) is 3.26. The minimum Gasteiger partial charge on any atom is -0.351 e. The van der Waals surface area contributed by atoms with Crippen LogP contribution in [0.5, 0.6) is 0 Å². The lowest BCUT2D eigenvalue weighted by atomic mass is 10.1. The summed E-state index contributed by atoms with van der Waals surface area (Å²) in [5, 5.41) is 9.65. The highest BCUT2D eigenvalue weighted by atomic mass is 32.1. The van der Waals surface area contributed by atoms with Crippen LogP contribution in [0.2, 0.25) is 0 Å². The average molecular weight is 336 g/mol. The van der Waals surface area contributed by atoms with E-state index < -0.39 is 0 Å². The second kappa shape index (κ2) is 8.70. The number of nitrogens with one attached hydrogen (secondary N) is 2. The Kier molecular flexibility index (Phi) is 6.61. The molecule has 0 aromatic carbocycles. The highest BCUT2D eigenvalue weighted by molar-refractivity contribution is 7.12. The molecule has 0 saturated carbocycles. The van der Waals surface area contributed by atoms with Crippen LogP contribution < -0.4 is 10.6 Å². The van der Waals surface area contributed by atoms with E-state index in [0.29, 0.717) is 19.0 Å². The lowest BCUT2D eigenvalue weighted by molar-refractivity contribution is 0.0949. The molecule has 6 heteroatoms. The van der Waals surface area contributed by atoms with Gasteiger partial charge in [0.2, 0.25) is 0 Å². The molecule has 4 nitrogen and oxygen atoms in total. The normalized spacial score (nSPS) is 11.9. The summed E-state index contributed by atoms with van der Waals surface area (Å²) in [6, 6.07) is 7.39. The van der Waals surface area contributed by atoms with Crippen molar-refractivity contribution < 1.29 is 9.59 Å². The van der Waals surface area contributed by atoms with E-state index >= 15 is 0 Å². The molecule has 0 fully saturated rings. The minimum atomic E-state index is -0.00662. The van der Waals surface area contributed by atoms with E-state index in [1.807, 2.05) is 35.0 Å². The fourth-order valence-electron chi connectivity index (χ4n) is 2.01. The minimum absolute atomic E-state index is 0.00588. The van der Waals surface area contributed by atoms with Gasteiger partial charge in [0.05, 0.1) is 9.75 Å². The monoisotopic (exact) mass is 336 g/mol. The molecule has 0 aliphatic heterocycles. The lowest BCUT2D eigenvalue weighted by Crippen LogP contribution is -2.28. The number of carbonyl (C=O) groups excluding carboxylic acids is 2. The Labute approximate surface area is 138 Å². The number of thiophene rings is 2. The van der Waals surface area contributed by atoms with Crippen molar-refractivity contribution in [2.24, 2.45) is 5.92 Å². The Morgan fingerprint density at radius 1 is 1.05 bits per heavy atom. The van der Waals surface area contributed by atoms with Crippen molar-refractivity contribution in [2.45, 2.75) is 19.8 Å². The first-order valence-electron chi connectivity index (χ1n) is 7.30. The molecule has 2 N–H and O–H groups in total. The molecule has 0 saturated heterocycles. The van der Waals surface area contributed by atoms with Gasteiger partial charge in [-0.15, -0.1) is 22.7 Å². The van der Waals surface area contributed by atoms with Crippen LogP contribution in [0.3, 0.4) is 0 Å². The van der Waals surface area contributed by atoms with Crippen molar-refractivity contribution in [3.63, 3.8) is 0 Å². The molecule has 0 spiro atoms. The average Bonchev–Trinajstić information content (AvgIpc) is 3.21. The summed E-state index contributed by atoms with van der Waals surface area (Å²) in [6.45, 7) is 3.44. The first kappa shape index (κ1) is 16.7. The highest BCUT2D eigenvalue weighted by Crippen LogP contribution is 2.10. The Bertz CT molecular complexity index is 579. The van der Waals surface area contributed by atoms with E-state index in [1.165, 1.54) is 22.7 Å². The van der Waals surface area contributed by atoms with Crippen LogP contribution in [0, 0.1) is 5.92 Å². The zero-order valence-corrected chi connectivity index (χ0v) is 14.1. The van der Waals surface area contributed by atoms with Gasteiger partial charge in [-0.25, -0.2) is 0 Å².